The van der Waals surface area contributed by atoms with Crippen molar-refractivity contribution >= 4 is 119 Å². The van der Waals surface area contributed by atoms with E-state index in [1.807, 2.05) is 0 Å². The van der Waals surface area contributed by atoms with E-state index < -0.39 is 137 Å². The largest absolute Gasteiger partial charge is 0.464 e. The Hall–Kier alpha value is -7.10. The molecular formula is C36H34N10O20S6. The minimum atomic E-state index is -5.11. The van der Waals surface area contributed by atoms with E-state index in [0.717, 1.165) is 36.4 Å². The van der Waals surface area contributed by atoms with Gasteiger partial charge in [0.2, 0.25) is 23.8 Å². The lowest BCUT2D eigenvalue weighted by atomic mass is 10.1. The lowest BCUT2D eigenvalue weighted by Gasteiger charge is -2.14. The second kappa shape index (κ2) is 20.6. The second-order valence-electron chi connectivity index (χ2n) is 13.9. The molecule has 0 radical (unpaired) electrons. The third kappa shape index (κ3) is 13.9. The van der Waals surface area contributed by atoms with E-state index in [2.05, 4.69) is 51.2 Å². The topological polar surface area (TPSA) is 470 Å². The van der Waals surface area contributed by atoms with E-state index in [4.69, 9.17) is 9.47 Å². The van der Waals surface area contributed by atoms with Crippen LogP contribution < -0.4 is 30.7 Å². The van der Waals surface area contributed by atoms with Crippen LogP contribution in [-0.4, -0.2) is 121 Å². The van der Waals surface area contributed by atoms with Gasteiger partial charge in [-0.25, -0.2) is 0 Å². The zero-order valence-corrected chi connectivity index (χ0v) is 40.9. The molecule has 0 saturated heterocycles. The number of rotatable bonds is 20. The Morgan fingerprint density at radius 3 is 1.01 bits per heavy atom. The fourth-order valence-electron chi connectivity index (χ4n) is 5.93. The number of anilines is 8. The van der Waals surface area contributed by atoms with E-state index >= 15 is 0 Å². The standard InChI is InChI=1S/C36H34N10O20S6/c1-3-65-35-43-31(41-33(45-35)39-25-17-23(67(47,48)49)11-13-27(25)69(53,54)55)37-21-9-7-19(29(15-21)71(59,60)61)5-6-20-8-10-22(16-30(20)72(62,63)64)38-32-42-34(46-36(44-32)66-4-2)40-26-18-24(68(50,51)52)12-14-28(26)70(56,57)58/h5-18H,3-4H2,1-2H3,(H,47,48,49)(H,50,51,52)(H,53,54,55)(H,56,57,58)(H,59,60,61)(H,62,63,64)(H2,37,39,41,43,45)(H2,38,40,42,44,46). The summed E-state index contributed by atoms with van der Waals surface area (Å²) in [4.78, 5) is 19.1. The van der Waals surface area contributed by atoms with Crippen molar-refractivity contribution in [2.24, 2.45) is 0 Å². The minimum absolute atomic E-state index is 0.0385. The fourth-order valence-corrected chi connectivity index (χ4v) is 9.62. The van der Waals surface area contributed by atoms with Gasteiger partial charge in [-0.3, -0.25) is 27.3 Å². The minimum Gasteiger partial charge on any atom is -0.464 e. The van der Waals surface area contributed by atoms with Crippen molar-refractivity contribution in [3.05, 3.63) is 83.9 Å². The van der Waals surface area contributed by atoms with Gasteiger partial charge in [-0.05, 0) is 85.6 Å². The van der Waals surface area contributed by atoms with Crippen molar-refractivity contribution in [2.45, 2.75) is 43.2 Å². The van der Waals surface area contributed by atoms with Gasteiger partial charge in [0.05, 0.1) is 34.4 Å². The Labute approximate surface area is 408 Å². The van der Waals surface area contributed by atoms with E-state index in [-0.39, 0.29) is 35.7 Å². The Balaban J connectivity index is 1.32. The summed E-state index contributed by atoms with van der Waals surface area (Å²) in [6.07, 6.45) is 2.09. The lowest BCUT2D eigenvalue weighted by molar-refractivity contribution is 0.312. The van der Waals surface area contributed by atoms with Crippen molar-refractivity contribution in [1.82, 2.24) is 29.9 Å². The Morgan fingerprint density at radius 1 is 0.403 bits per heavy atom. The maximum Gasteiger partial charge on any atom is 0.323 e. The molecule has 2 aromatic heterocycles. The molecule has 2 heterocycles. The maximum absolute atomic E-state index is 12.7. The van der Waals surface area contributed by atoms with E-state index in [1.165, 1.54) is 26.0 Å². The third-order valence-electron chi connectivity index (χ3n) is 8.86. The number of benzene rings is 4. The first-order valence-corrected chi connectivity index (χ1v) is 27.9. The van der Waals surface area contributed by atoms with Crippen LogP contribution in [0.3, 0.4) is 0 Å². The molecule has 0 unspecified atom stereocenters. The SMILES string of the molecule is CCOc1nc(Nc2ccc(C=Cc3ccc(Nc4nc(Nc5cc(S(=O)(=O)O)ccc5S(=O)(=O)O)nc(OCC)n4)cc3S(=O)(=O)O)c(S(=O)(=O)O)c2)nc(Nc2cc(S(=O)(=O)O)ccc2S(=O)(=O)O)n1. The van der Waals surface area contributed by atoms with Crippen LogP contribution in [0.2, 0.25) is 0 Å². The number of hydrogen-bond acceptors (Lipinski definition) is 24. The van der Waals surface area contributed by atoms with E-state index in [0.29, 0.717) is 36.4 Å². The van der Waals surface area contributed by atoms with Crippen molar-refractivity contribution in [1.29, 1.82) is 0 Å². The average Bonchev–Trinajstić information content (AvgIpc) is 3.24. The highest BCUT2D eigenvalue weighted by molar-refractivity contribution is 7.87. The predicted molar refractivity (Wildman–Crippen MR) is 249 cm³/mol. The van der Waals surface area contributed by atoms with Crippen LogP contribution in [0.4, 0.5) is 46.5 Å². The molecule has 0 atom stereocenters. The van der Waals surface area contributed by atoms with Crippen LogP contribution in [0.25, 0.3) is 12.2 Å². The molecule has 72 heavy (non-hydrogen) atoms. The van der Waals surface area contributed by atoms with Gasteiger partial charge in [0, 0.05) is 11.4 Å². The van der Waals surface area contributed by atoms with Crippen LogP contribution in [0.1, 0.15) is 25.0 Å². The van der Waals surface area contributed by atoms with Gasteiger partial charge in [-0.15, -0.1) is 0 Å². The van der Waals surface area contributed by atoms with Crippen molar-refractivity contribution in [3.8, 4) is 12.0 Å². The molecule has 4 aromatic carbocycles. The van der Waals surface area contributed by atoms with E-state index in [9.17, 15) is 77.8 Å². The quantitative estimate of drug-likeness (QED) is 0.0386. The van der Waals surface area contributed by atoms with Gasteiger partial charge in [0.1, 0.15) is 19.6 Å². The fraction of sp³-hybridized carbons (Fsp3) is 0.111. The van der Waals surface area contributed by atoms with Gasteiger partial charge in [0.25, 0.3) is 60.7 Å². The first-order valence-electron chi connectivity index (χ1n) is 19.3. The first-order chi connectivity index (χ1) is 33.3. The number of hydrogen-bond donors (Lipinski definition) is 10. The molecule has 0 spiro atoms. The highest BCUT2D eigenvalue weighted by atomic mass is 32.2. The number of nitrogens with zero attached hydrogens (tertiary/aromatic N) is 6. The molecule has 0 amide bonds. The summed E-state index contributed by atoms with van der Waals surface area (Å²) < 4.78 is 216. The molecule has 6 rings (SSSR count). The monoisotopic (exact) mass is 1120 g/mol. The molecule has 0 bridgehead atoms. The number of ether oxygens (including phenoxy) is 2. The molecule has 6 aromatic rings. The molecule has 0 saturated carbocycles. The van der Waals surface area contributed by atoms with Gasteiger partial charge in [-0.2, -0.15) is 80.4 Å². The molecule has 30 nitrogen and oxygen atoms in total. The van der Waals surface area contributed by atoms with Gasteiger partial charge < -0.3 is 30.7 Å². The van der Waals surface area contributed by atoms with E-state index in [1.54, 1.807) is 0 Å². The van der Waals surface area contributed by atoms with Crippen molar-refractivity contribution in [3.63, 3.8) is 0 Å². The molecule has 0 aliphatic heterocycles. The van der Waals surface area contributed by atoms with Gasteiger partial charge >= 0.3 is 12.0 Å². The van der Waals surface area contributed by atoms with Gasteiger partial charge in [-0.1, -0.05) is 24.3 Å². The Bertz CT molecular complexity index is 3620. The highest BCUT2D eigenvalue weighted by Gasteiger charge is 2.24. The molecule has 384 valence electrons. The summed E-state index contributed by atoms with van der Waals surface area (Å²) >= 11 is 0. The first kappa shape index (κ1) is 54.2. The third-order valence-corrected chi connectivity index (χ3v) is 14.2. The smallest absolute Gasteiger partial charge is 0.323 e. The highest BCUT2D eigenvalue weighted by Crippen LogP contribution is 2.32. The Kier molecular flexibility index (Phi) is 15.5. The van der Waals surface area contributed by atoms with Crippen molar-refractivity contribution in [2.75, 3.05) is 34.5 Å². The summed E-state index contributed by atoms with van der Waals surface area (Å²) in [6.45, 7) is 2.99. The maximum atomic E-state index is 12.7. The lowest BCUT2D eigenvalue weighted by Crippen LogP contribution is -2.10. The van der Waals surface area contributed by atoms with Gasteiger partial charge in [0.15, 0.2) is 0 Å². The summed E-state index contributed by atoms with van der Waals surface area (Å²) in [5.41, 5.74) is -2.07. The molecule has 10 N–H and O–H groups in total. The molecular weight excluding hydrogens is 1080 g/mol. The second-order valence-corrected chi connectivity index (χ2v) is 22.3. The van der Waals surface area contributed by atoms with Crippen LogP contribution in [-0.2, 0) is 60.7 Å². The number of aromatic nitrogens is 6. The molecule has 0 fully saturated rings. The summed E-state index contributed by atoms with van der Waals surface area (Å²) in [5.74, 6) is -1.94. The molecule has 36 heteroatoms. The van der Waals surface area contributed by atoms with Crippen LogP contribution in [0, 0.1) is 0 Å². The van der Waals surface area contributed by atoms with Crippen LogP contribution >= 0.6 is 0 Å². The van der Waals surface area contributed by atoms with Crippen LogP contribution in [0.15, 0.2) is 102 Å². The predicted octanol–water partition coefficient (Wildman–Crippen LogP) is 3.48. The molecule has 0 aliphatic rings. The zero-order valence-electron chi connectivity index (χ0n) is 36.0. The zero-order chi connectivity index (χ0) is 53.2. The summed E-state index contributed by atoms with van der Waals surface area (Å²) in [6, 6.07) is 9.67. The average molecular weight is 1120 g/mol. The van der Waals surface area contributed by atoms with Crippen molar-refractivity contribution < 1.29 is 87.3 Å². The molecule has 0 aliphatic carbocycles. The van der Waals surface area contributed by atoms with Crippen LogP contribution in [0.5, 0.6) is 12.0 Å². The number of nitrogens with one attached hydrogen (secondary N) is 4. The summed E-state index contributed by atoms with van der Waals surface area (Å²) in [5, 5.41) is 10.0. The Morgan fingerprint density at radius 2 is 0.722 bits per heavy atom. The summed E-state index contributed by atoms with van der Waals surface area (Å²) in [7, 11) is -30.0. The normalized spacial score (nSPS) is 12.6.